The fourth-order valence-corrected chi connectivity index (χ4v) is 1.93. The van der Waals surface area contributed by atoms with Gasteiger partial charge in [-0.15, -0.1) is 0 Å². The first-order valence-corrected chi connectivity index (χ1v) is 5.98. The summed E-state index contributed by atoms with van der Waals surface area (Å²) in [5, 5.41) is 3.21. The number of ether oxygens (including phenoxy) is 1. The lowest BCUT2D eigenvalue weighted by Gasteiger charge is -2.14. The lowest BCUT2D eigenvalue weighted by molar-refractivity contribution is 0.181. The maximum Gasteiger partial charge on any atom is 0.414 e. The molecule has 1 saturated heterocycles. The summed E-state index contributed by atoms with van der Waals surface area (Å²) in [5.41, 5.74) is 1.73. The van der Waals surface area contributed by atoms with Crippen molar-refractivity contribution in [2.45, 2.75) is 6.54 Å². The minimum Gasteiger partial charge on any atom is -0.447 e. The second kappa shape index (κ2) is 5.01. The van der Waals surface area contributed by atoms with Crippen molar-refractivity contribution in [1.82, 2.24) is 4.98 Å². The van der Waals surface area contributed by atoms with Gasteiger partial charge in [-0.05, 0) is 18.2 Å². The van der Waals surface area contributed by atoms with Gasteiger partial charge in [0, 0.05) is 11.4 Å². The number of nitrogens with one attached hydrogen (secondary N) is 1. The summed E-state index contributed by atoms with van der Waals surface area (Å²) in [7, 11) is 0. The Morgan fingerprint density at radius 2 is 2.37 bits per heavy atom. The predicted molar refractivity (Wildman–Crippen MR) is 69.0 cm³/mol. The molecule has 2 heterocycles. The van der Waals surface area contributed by atoms with Crippen molar-refractivity contribution < 1.29 is 13.9 Å². The number of oxazole rings is 1. The van der Waals surface area contributed by atoms with Crippen LogP contribution in [0.1, 0.15) is 5.76 Å². The number of nitrogens with zero attached hydrogens (tertiary/aromatic N) is 2. The van der Waals surface area contributed by atoms with E-state index >= 15 is 0 Å². The summed E-state index contributed by atoms with van der Waals surface area (Å²) in [6.07, 6.45) is 2.76. The fraction of sp³-hybridized carbons (Fsp3) is 0.231. The van der Waals surface area contributed by atoms with E-state index in [4.69, 9.17) is 9.15 Å². The third-order valence-electron chi connectivity index (χ3n) is 2.87. The maximum absolute atomic E-state index is 11.5. The van der Waals surface area contributed by atoms with E-state index < -0.39 is 0 Å². The van der Waals surface area contributed by atoms with E-state index in [0.29, 0.717) is 19.7 Å². The Kier molecular flexibility index (Phi) is 3.06. The van der Waals surface area contributed by atoms with Crippen LogP contribution in [0.3, 0.4) is 0 Å². The first-order valence-electron chi connectivity index (χ1n) is 5.98. The lowest BCUT2D eigenvalue weighted by atomic mass is 10.2. The van der Waals surface area contributed by atoms with Crippen molar-refractivity contribution in [1.29, 1.82) is 0 Å². The molecule has 0 aliphatic carbocycles. The molecule has 0 radical (unpaired) electrons. The number of hydrogen-bond acceptors (Lipinski definition) is 5. The molecule has 0 unspecified atom stereocenters. The van der Waals surface area contributed by atoms with Gasteiger partial charge in [-0.2, -0.15) is 0 Å². The molecule has 0 atom stereocenters. The molecular formula is C13H13N3O3. The van der Waals surface area contributed by atoms with Gasteiger partial charge in [-0.1, -0.05) is 6.07 Å². The molecule has 1 aromatic carbocycles. The van der Waals surface area contributed by atoms with Gasteiger partial charge < -0.3 is 14.5 Å². The number of anilines is 2. The number of cyclic esters (lactones) is 1. The SMILES string of the molecule is O=C1OCCN1c1cccc(NCc2cnco2)c1. The number of aromatic nitrogens is 1. The fourth-order valence-electron chi connectivity index (χ4n) is 1.93. The van der Waals surface area contributed by atoms with Gasteiger partial charge in [-0.3, -0.25) is 4.90 Å². The molecule has 1 aliphatic rings. The van der Waals surface area contributed by atoms with Crippen molar-refractivity contribution in [3.05, 3.63) is 42.6 Å². The zero-order valence-corrected chi connectivity index (χ0v) is 10.2. The molecule has 19 heavy (non-hydrogen) atoms. The van der Waals surface area contributed by atoms with Crippen molar-refractivity contribution in [3.63, 3.8) is 0 Å². The molecule has 6 nitrogen and oxygen atoms in total. The van der Waals surface area contributed by atoms with Gasteiger partial charge in [0.05, 0.1) is 19.3 Å². The summed E-state index contributed by atoms with van der Waals surface area (Å²) in [6, 6.07) is 7.61. The zero-order chi connectivity index (χ0) is 13.1. The molecule has 0 spiro atoms. The van der Waals surface area contributed by atoms with E-state index in [1.54, 1.807) is 11.1 Å². The Labute approximate surface area is 110 Å². The quantitative estimate of drug-likeness (QED) is 0.912. The van der Waals surface area contributed by atoms with Crippen LogP contribution < -0.4 is 10.2 Å². The Bertz CT molecular complexity index is 568. The minimum absolute atomic E-state index is 0.299. The summed E-state index contributed by atoms with van der Waals surface area (Å²) < 4.78 is 10.1. The van der Waals surface area contributed by atoms with Crippen LogP contribution in [0, 0.1) is 0 Å². The minimum atomic E-state index is -0.299. The van der Waals surface area contributed by atoms with Gasteiger partial charge in [0.2, 0.25) is 0 Å². The highest BCUT2D eigenvalue weighted by Gasteiger charge is 2.23. The predicted octanol–water partition coefficient (Wildman–Crippen LogP) is 2.24. The van der Waals surface area contributed by atoms with E-state index in [2.05, 4.69) is 10.3 Å². The molecule has 0 bridgehead atoms. The highest BCUT2D eigenvalue weighted by Crippen LogP contribution is 2.22. The maximum atomic E-state index is 11.5. The van der Waals surface area contributed by atoms with Crippen molar-refractivity contribution >= 4 is 17.5 Å². The van der Waals surface area contributed by atoms with Crippen LogP contribution in [0.25, 0.3) is 0 Å². The van der Waals surface area contributed by atoms with E-state index in [0.717, 1.165) is 17.1 Å². The van der Waals surface area contributed by atoms with Gasteiger partial charge >= 0.3 is 6.09 Å². The number of carbonyl (C=O) groups is 1. The van der Waals surface area contributed by atoms with Crippen LogP contribution in [0.4, 0.5) is 16.2 Å². The van der Waals surface area contributed by atoms with E-state index in [-0.39, 0.29) is 6.09 Å². The molecule has 0 saturated carbocycles. The standard InChI is InChI=1S/C13H13N3O3/c17-13-16(4-5-18-13)11-3-1-2-10(6-11)15-8-12-7-14-9-19-12/h1-3,6-7,9,15H,4-5,8H2. The first kappa shape index (κ1) is 11.6. The topological polar surface area (TPSA) is 67.6 Å². The normalized spacial score (nSPS) is 14.5. The van der Waals surface area contributed by atoms with Crippen LogP contribution in [-0.4, -0.2) is 24.2 Å². The van der Waals surface area contributed by atoms with Crippen LogP contribution >= 0.6 is 0 Å². The third kappa shape index (κ3) is 2.52. The summed E-state index contributed by atoms with van der Waals surface area (Å²) in [6.45, 7) is 1.58. The molecule has 1 amide bonds. The summed E-state index contributed by atoms with van der Waals surface area (Å²) in [4.78, 5) is 17.0. The second-order valence-corrected chi connectivity index (χ2v) is 4.14. The van der Waals surface area contributed by atoms with E-state index in [1.165, 1.54) is 6.39 Å². The van der Waals surface area contributed by atoms with Crippen LogP contribution in [0.2, 0.25) is 0 Å². The van der Waals surface area contributed by atoms with Crippen molar-refractivity contribution in [3.8, 4) is 0 Å². The Hall–Kier alpha value is -2.50. The zero-order valence-electron chi connectivity index (χ0n) is 10.2. The number of amides is 1. The van der Waals surface area contributed by atoms with E-state index in [9.17, 15) is 4.79 Å². The lowest BCUT2D eigenvalue weighted by Crippen LogP contribution is -2.23. The molecule has 2 aromatic rings. The largest absolute Gasteiger partial charge is 0.447 e. The Morgan fingerprint density at radius 1 is 1.42 bits per heavy atom. The smallest absolute Gasteiger partial charge is 0.414 e. The molecule has 1 fully saturated rings. The number of carbonyl (C=O) groups excluding carboxylic acids is 1. The summed E-state index contributed by atoms with van der Waals surface area (Å²) in [5.74, 6) is 0.756. The molecular weight excluding hydrogens is 246 g/mol. The van der Waals surface area contributed by atoms with Crippen LogP contribution in [-0.2, 0) is 11.3 Å². The highest BCUT2D eigenvalue weighted by molar-refractivity contribution is 5.89. The molecule has 1 aliphatic heterocycles. The molecule has 1 N–H and O–H groups in total. The second-order valence-electron chi connectivity index (χ2n) is 4.14. The number of hydrogen-bond donors (Lipinski definition) is 1. The Balaban J connectivity index is 1.71. The van der Waals surface area contributed by atoms with E-state index in [1.807, 2.05) is 24.3 Å². The number of benzene rings is 1. The Morgan fingerprint density at radius 3 is 3.11 bits per heavy atom. The highest BCUT2D eigenvalue weighted by atomic mass is 16.6. The van der Waals surface area contributed by atoms with Crippen molar-refractivity contribution in [2.24, 2.45) is 0 Å². The van der Waals surface area contributed by atoms with Crippen LogP contribution in [0.15, 0.2) is 41.3 Å². The molecule has 6 heteroatoms. The molecule has 3 rings (SSSR count). The van der Waals surface area contributed by atoms with Gasteiger partial charge in [0.25, 0.3) is 0 Å². The van der Waals surface area contributed by atoms with Crippen LogP contribution in [0.5, 0.6) is 0 Å². The average Bonchev–Trinajstić information content (AvgIpc) is 3.08. The summed E-state index contributed by atoms with van der Waals surface area (Å²) >= 11 is 0. The third-order valence-corrected chi connectivity index (χ3v) is 2.87. The number of rotatable bonds is 4. The average molecular weight is 259 g/mol. The first-order chi connectivity index (χ1) is 9.33. The van der Waals surface area contributed by atoms with Gasteiger partial charge in [0.1, 0.15) is 12.4 Å². The van der Waals surface area contributed by atoms with Gasteiger partial charge in [-0.25, -0.2) is 9.78 Å². The molecule has 98 valence electrons. The monoisotopic (exact) mass is 259 g/mol. The van der Waals surface area contributed by atoms with Crippen molar-refractivity contribution in [2.75, 3.05) is 23.4 Å². The molecule has 1 aromatic heterocycles. The van der Waals surface area contributed by atoms with Gasteiger partial charge in [0.15, 0.2) is 6.39 Å².